The van der Waals surface area contributed by atoms with Gasteiger partial charge < -0.3 is 9.64 Å². The van der Waals surface area contributed by atoms with Crippen molar-refractivity contribution in [2.75, 3.05) is 24.6 Å². The van der Waals surface area contributed by atoms with Crippen molar-refractivity contribution in [2.24, 2.45) is 7.05 Å². The van der Waals surface area contributed by atoms with Gasteiger partial charge in [-0.25, -0.2) is 15.0 Å². The zero-order valence-corrected chi connectivity index (χ0v) is 19.0. The number of ether oxygens (including phenoxy) is 1. The van der Waals surface area contributed by atoms with Crippen molar-refractivity contribution >= 4 is 28.7 Å². The Morgan fingerprint density at radius 3 is 2.55 bits per heavy atom. The predicted octanol–water partition coefficient (Wildman–Crippen LogP) is 3.61. The summed E-state index contributed by atoms with van der Waals surface area (Å²) in [6.07, 6.45) is 7.87. The molecule has 0 amide bonds. The first-order chi connectivity index (χ1) is 15.0. The van der Waals surface area contributed by atoms with Crippen LogP contribution in [0.4, 0.5) is 5.95 Å². The summed E-state index contributed by atoms with van der Waals surface area (Å²) in [7, 11) is 1.92. The number of anilines is 1. The molecule has 9 heteroatoms. The Labute approximate surface area is 187 Å². The Balaban J connectivity index is 1.53. The Hall–Kier alpha value is -2.32. The molecule has 5 rings (SSSR count). The number of nitrogens with zero attached hydrogens (tertiary/aromatic N) is 7. The van der Waals surface area contributed by atoms with E-state index in [1.54, 1.807) is 4.68 Å². The maximum absolute atomic E-state index is 6.37. The molecule has 0 spiro atoms. The van der Waals surface area contributed by atoms with Crippen molar-refractivity contribution in [3.63, 3.8) is 0 Å². The van der Waals surface area contributed by atoms with Gasteiger partial charge in [-0.1, -0.05) is 0 Å². The van der Waals surface area contributed by atoms with Crippen molar-refractivity contribution in [1.82, 2.24) is 29.7 Å². The first kappa shape index (κ1) is 20.6. The van der Waals surface area contributed by atoms with Crippen molar-refractivity contribution < 1.29 is 4.74 Å². The van der Waals surface area contributed by atoms with Gasteiger partial charge in [0.15, 0.2) is 5.65 Å². The lowest BCUT2D eigenvalue weighted by atomic mass is 9.86. The van der Waals surface area contributed by atoms with Gasteiger partial charge in [-0.15, -0.1) is 11.6 Å². The zero-order valence-electron chi connectivity index (χ0n) is 18.3. The van der Waals surface area contributed by atoms with Gasteiger partial charge in [0.25, 0.3) is 0 Å². The van der Waals surface area contributed by atoms with Gasteiger partial charge in [-0.3, -0.25) is 4.68 Å². The van der Waals surface area contributed by atoms with Gasteiger partial charge in [0, 0.05) is 36.6 Å². The van der Waals surface area contributed by atoms with E-state index in [0.717, 1.165) is 60.4 Å². The molecule has 1 atom stereocenters. The molecule has 164 valence electrons. The highest BCUT2D eigenvalue weighted by Gasteiger charge is 2.29. The molecule has 4 heterocycles. The largest absolute Gasteiger partial charge is 0.370 e. The van der Waals surface area contributed by atoms with E-state index in [9.17, 15) is 0 Å². The maximum Gasteiger partial charge on any atom is 0.227 e. The monoisotopic (exact) mass is 441 g/mol. The molecule has 8 nitrogen and oxygen atoms in total. The second-order valence-corrected chi connectivity index (χ2v) is 9.29. The molecule has 1 aliphatic heterocycles. The number of alkyl halides is 1. The quantitative estimate of drug-likeness (QED) is 0.574. The van der Waals surface area contributed by atoms with Crippen LogP contribution in [0.25, 0.3) is 11.2 Å². The van der Waals surface area contributed by atoms with Gasteiger partial charge in [-0.05, 0) is 39.5 Å². The molecule has 3 aromatic heterocycles. The first-order valence-corrected chi connectivity index (χ1v) is 11.4. The van der Waals surface area contributed by atoms with Gasteiger partial charge in [0.1, 0.15) is 11.6 Å². The Morgan fingerprint density at radius 1 is 1.03 bits per heavy atom. The Morgan fingerprint density at radius 2 is 1.81 bits per heavy atom. The van der Waals surface area contributed by atoms with E-state index in [1.807, 2.05) is 33.3 Å². The number of aryl methyl sites for hydroxylation is 3. The zero-order chi connectivity index (χ0) is 21.5. The van der Waals surface area contributed by atoms with Crippen LogP contribution in [0, 0.1) is 13.8 Å². The lowest BCUT2D eigenvalue weighted by molar-refractivity contribution is 0.0392. The van der Waals surface area contributed by atoms with Crippen LogP contribution in [0.2, 0.25) is 0 Å². The van der Waals surface area contributed by atoms with Crippen LogP contribution < -0.4 is 4.90 Å². The molecule has 0 bridgehead atoms. The highest BCUT2D eigenvalue weighted by molar-refractivity contribution is 6.20. The van der Waals surface area contributed by atoms with Gasteiger partial charge in [0.05, 0.1) is 36.4 Å². The van der Waals surface area contributed by atoms with E-state index in [4.69, 9.17) is 36.3 Å². The normalized spacial score (nSPS) is 24.6. The number of hydrogen-bond acceptors (Lipinski definition) is 7. The van der Waals surface area contributed by atoms with Crippen LogP contribution in [-0.4, -0.2) is 54.8 Å². The molecular weight excluding hydrogens is 414 g/mol. The fourth-order valence-electron chi connectivity index (χ4n) is 4.51. The molecule has 0 unspecified atom stereocenters. The number of rotatable bonds is 3. The average Bonchev–Trinajstić information content (AvgIpc) is 3.21. The van der Waals surface area contributed by atoms with Crippen LogP contribution in [0.5, 0.6) is 0 Å². The summed E-state index contributed by atoms with van der Waals surface area (Å²) in [6, 6.07) is 0. The van der Waals surface area contributed by atoms with Crippen molar-refractivity contribution in [2.45, 2.75) is 56.9 Å². The number of halogens is 1. The molecule has 2 fully saturated rings. The van der Waals surface area contributed by atoms with E-state index >= 15 is 0 Å². The van der Waals surface area contributed by atoms with Crippen molar-refractivity contribution in [3.05, 3.63) is 35.0 Å². The number of morpholine rings is 1. The van der Waals surface area contributed by atoms with Crippen LogP contribution in [0.15, 0.2) is 12.4 Å². The third-order valence-electron chi connectivity index (χ3n) is 6.45. The van der Waals surface area contributed by atoms with E-state index in [0.29, 0.717) is 30.7 Å². The molecule has 0 radical (unpaired) electrons. The van der Waals surface area contributed by atoms with E-state index in [2.05, 4.69) is 10.00 Å². The molecule has 1 saturated heterocycles. The highest BCUT2D eigenvalue weighted by atomic mass is 35.5. The van der Waals surface area contributed by atoms with E-state index in [-0.39, 0.29) is 11.5 Å². The topological polar surface area (TPSA) is 81.9 Å². The Bertz CT molecular complexity index is 1090. The minimum absolute atomic E-state index is 0.0530. The summed E-state index contributed by atoms with van der Waals surface area (Å²) < 4.78 is 7.82. The SMILES string of the molecule is Cc1nc2nc(N3CCO[C@H](c4cnn(C)c4)C3)nc(C3CCC(Cl)CC3)c2nc1C. The van der Waals surface area contributed by atoms with Crippen LogP contribution in [-0.2, 0) is 11.8 Å². The molecule has 2 aliphatic rings. The Kier molecular flexibility index (Phi) is 5.52. The molecule has 0 N–H and O–H groups in total. The van der Waals surface area contributed by atoms with E-state index < -0.39 is 0 Å². The van der Waals surface area contributed by atoms with E-state index in [1.165, 1.54) is 0 Å². The summed E-state index contributed by atoms with van der Waals surface area (Å²) in [6.45, 7) is 6.02. The summed E-state index contributed by atoms with van der Waals surface area (Å²) in [5.41, 5.74) is 5.44. The lowest BCUT2D eigenvalue weighted by Crippen LogP contribution is -2.39. The second kappa shape index (κ2) is 8.31. The van der Waals surface area contributed by atoms with Gasteiger partial charge >= 0.3 is 0 Å². The summed E-state index contributed by atoms with van der Waals surface area (Å²) in [5.74, 6) is 1.05. The lowest BCUT2D eigenvalue weighted by Gasteiger charge is -2.33. The smallest absolute Gasteiger partial charge is 0.227 e. The number of aromatic nitrogens is 6. The summed E-state index contributed by atoms with van der Waals surface area (Å²) >= 11 is 6.37. The summed E-state index contributed by atoms with van der Waals surface area (Å²) in [4.78, 5) is 21.7. The van der Waals surface area contributed by atoms with Crippen LogP contribution >= 0.6 is 11.6 Å². The molecule has 0 aromatic carbocycles. The first-order valence-electron chi connectivity index (χ1n) is 11.0. The van der Waals surface area contributed by atoms with Crippen LogP contribution in [0.3, 0.4) is 0 Å². The van der Waals surface area contributed by atoms with Crippen molar-refractivity contribution in [3.8, 4) is 0 Å². The highest BCUT2D eigenvalue weighted by Crippen LogP contribution is 2.37. The fraction of sp³-hybridized carbons (Fsp3) is 0.591. The third kappa shape index (κ3) is 4.11. The minimum atomic E-state index is -0.0530. The maximum atomic E-state index is 6.37. The standard InChI is InChI=1S/C22H28ClN7O/c1-13-14(2)26-21-20(25-13)19(15-4-6-17(23)7-5-15)27-22(28-21)30-8-9-31-18(12-30)16-10-24-29(3)11-16/h10-11,15,17-18H,4-9,12H2,1-3H3/t15?,17?,18-/m0/s1. The third-order valence-corrected chi connectivity index (χ3v) is 6.88. The molecule has 31 heavy (non-hydrogen) atoms. The number of hydrogen-bond donors (Lipinski definition) is 0. The summed E-state index contributed by atoms with van der Waals surface area (Å²) in [5, 5.41) is 4.55. The van der Waals surface area contributed by atoms with Crippen LogP contribution in [0.1, 0.15) is 60.4 Å². The number of fused-ring (bicyclic) bond motifs is 1. The van der Waals surface area contributed by atoms with Gasteiger partial charge in [-0.2, -0.15) is 10.1 Å². The van der Waals surface area contributed by atoms with Gasteiger partial charge in [0.2, 0.25) is 5.95 Å². The average molecular weight is 442 g/mol. The second-order valence-electron chi connectivity index (χ2n) is 8.68. The fourth-order valence-corrected chi connectivity index (χ4v) is 4.76. The molecule has 3 aromatic rings. The molecule has 1 saturated carbocycles. The predicted molar refractivity (Wildman–Crippen MR) is 120 cm³/mol. The van der Waals surface area contributed by atoms with Crippen molar-refractivity contribution in [1.29, 1.82) is 0 Å². The minimum Gasteiger partial charge on any atom is -0.370 e. The molecular formula is C22H28ClN7O. The molecule has 1 aliphatic carbocycles.